The molecule has 1 atom stereocenters. The van der Waals surface area contributed by atoms with Crippen LogP contribution in [0.1, 0.15) is 5.56 Å². The number of methoxy groups -OCH3 is 1. The summed E-state index contributed by atoms with van der Waals surface area (Å²) in [6.45, 7) is 0. The topological polar surface area (TPSA) is 54.3 Å². The van der Waals surface area contributed by atoms with E-state index in [-0.39, 0.29) is 21.7 Å². The third-order valence-corrected chi connectivity index (χ3v) is 4.10. The summed E-state index contributed by atoms with van der Waals surface area (Å²) < 4.78 is 45.9. The molecule has 0 bridgehead atoms. The molecule has 5 nitrogen and oxygen atoms in total. The smallest absolute Gasteiger partial charge is 0.445 e. The second kappa shape index (κ2) is 6.44. The molecule has 0 spiro atoms. The highest BCUT2D eigenvalue weighted by Gasteiger charge is 2.65. The van der Waals surface area contributed by atoms with Crippen molar-refractivity contribution in [2.75, 3.05) is 7.11 Å². The molecular formula is C16H10Cl2F3N3O2. The van der Waals surface area contributed by atoms with E-state index in [0.29, 0.717) is 5.56 Å². The Balaban J connectivity index is 2.32. The molecule has 0 aliphatic carbocycles. The normalized spacial score (nSPS) is 22.6. The Morgan fingerprint density at radius 3 is 2.35 bits per heavy atom. The van der Waals surface area contributed by atoms with Gasteiger partial charge in [0, 0.05) is 11.8 Å². The van der Waals surface area contributed by atoms with E-state index in [4.69, 9.17) is 23.2 Å². The Kier molecular flexibility index (Phi) is 4.58. The number of rotatable bonds is 2. The molecule has 2 aliphatic rings. The number of carbonyl (C=O) groups is 1. The van der Waals surface area contributed by atoms with Gasteiger partial charge in [-0.25, -0.2) is 14.8 Å². The average molecular weight is 404 g/mol. The number of fused-ring (bicyclic) bond motifs is 1. The molecule has 0 aromatic heterocycles. The number of hydrogen-bond acceptors (Lipinski definition) is 5. The maximum absolute atomic E-state index is 13.8. The van der Waals surface area contributed by atoms with E-state index in [1.807, 2.05) is 0 Å². The lowest BCUT2D eigenvalue weighted by molar-refractivity contribution is -0.202. The SMILES string of the molecule is COC(=O)[C@]1(C(F)(F)F)N=C2C(Cl)=CC(Cl)=CN2C(c2ccccc2)=N1. The number of ether oxygens (including phenoxy) is 1. The Bertz CT molecular complexity index is 878. The lowest BCUT2D eigenvalue weighted by atomic mass is 10.1. The van der Waals surface area contributed by atoms with Gasteiger partial charge in [0.1, 0.15) is 5.84 Å². The Morgan fingerprint density at radius 2 is 1.77 bits per heavy atom. The largest absolute Gasteiger partial charge is 0.465 e. The van der Waals surface area contributed by atoms with Gasteiger partial charge >= 0.3 is 17.8 Å². The van der Waals surface area contributed by atoms with Gasteiger partial charge in [0.25, 0.3) is 0 Å². The number of aliphatic imine (C=N–C) groups is 2. The molecule has 0 radical (unpaired) electrons. The van der Waals surface area contributed by atoms with Crippen molar-refractivity contribution in [3.05, 3.63) is 58.2 Å². The lowest BCUT2D eigenvalue weighted by Crippen LogP contribution is -2.56. The molecule has 1 aromatic rings. The van der Waals surface area contributed by atoms with Crippen LogP contribution in [0.5, 0.6) is 0 Å². The summed E-state index contributed by atoms with van der Waals surface area (Å²) in [7, 11) is 0.829. The van der Waals surface area contributed by atoms with Gasteiger partial charge in [0.2, 0.25) is 0 Å². The first-order chi connectivity index (χ1) is 12.2. The van der Waals surface area contributed by atoms with Gasteiger partial charge in [0.05, 0.1) is 17.2 Å². The first kappa shape index (κ1) is 18.5. The monoisotopic (exact) mass is 403 g/mol. The third-order valence-electron chi connectivity index (χ3n) is 3.62. The number of carbonyl (C=O) groups excluding carboxylic acids is 1. The number of nitrogens with zero attached hydrogens (tertiary/aromatic N) is 3. The van der Waals surface area contributed by atoms with Crippen LogP contribution in [0.25, 0.3) is 0 Å². The molecule has 0 fully saturated rings. The molecule has 1 aromatic carbocycles. The number of benzene rings is 1. The van der Waals surface area contributed by atoms with Crippen LogP contribution in [0.2, 0.25) is 0 Å². The molecule has 3 rings (SSSR count). The predicted octanol–water partition coefficient (Wildman–Crippen LogP) is 3.80. The van der Waals surface area contributed by atoms with Gasteiger partial charge in [-0.2, -0.15) is 13.2 Å². The highest BCUT2D eigenvalue weighted by molar-refractivity contribution is 6.47. The molecule has 0 saturated carbocycles. The van der Waals surface area contributed by atoms with Gasteiger partial charge in [-0.05, 0) is 6.08 Å². The molecular weight excluding hydrogens is 394 g/mol. The van der Waals surface area contributed by atoms with Gasteiger partial charge in [0.15, 0.2) is 5.84 Å². The third kappa shape index (κ3) is 2.89. The van der Waals surface area contributed by atoms with Gasteiger partial charge < -0.3 is 4.74 Å². The second-order valence-corrected chi connectivity index (χ2v) is 6.12. The van der Waals surface area contributed by atoms with Crippen LogP contribution in [0.4, 0.5) is 13.2 Å². The average Bonchev–Trinajstić information content (AvgIpc) is 2.60. The zero-order valence-electron chi connectivity index (χ0n) is 13.1. The van der Waals surface area contributed by atoms with E-state index in [1.54, 1.807) is 18.2 Å². The minimum atomic E-state index is -5.15. The van der Waals surface area contributed by atoms with Crippen LogP contribution < -0.4 is 0 Å². The minimum absolute atomic E-state index is 0.162. The van der Waals surface area contributed by atoms with E-state index in [1.165, 1.54) is 29.3 Å². The maximum atomic E-state index is 13.8. The number of esters is 1. The van der Waals surface area contributed by atoms with Crippen molar-refractivity contribution in [2.45, 2.75) is 11.8 Å². The van der Waals surface area contributed by atoms with E-state index >= 15 is 0 Å². The standard InChI is InChI=1S/C16H10Cl2F3N3O2/c1-26-14(25)15(16(19,20)21)22-12(9-5-3-2-4-6-9)24-8-10(17)7-11(18)13(24)23-15/h2-8H,1H3/t15-/m1/s1. The molecule has 2 heterocycles. The number of allylic oxidation sites excluding steroid dienone is 2. The van der Waals surface area contributed by atoms with Crippen LogP contribution in [0.3, 0.4) is 0 Å². The van der Waals surface area contributed by atoms with E-state index in [0.717, 1.165) is 7.11 Å². The quantitative estimate of drug-likeness (QED) is 0.705. The fourth-order valence-corrected chi connectivity index (χ4v) is 2.96. The van der Waals surface area contributed by atoms with Crippen LogP contribution in [-0.2, 0) is 9.53 Å². The van der Waals surface area contributed by atoms with Crippen molar-refractivity contribution in [2.24, 2.45) is 9.98 Å². The summed E-state index contributed by atoms with van der Waals surface area (Å²) in [4.78, 5) is 20.4. The Morgan fingerprint density at radius 1 is 1.15 bits per heavy atom. The van der Waals surface area contributed by atoms with Gasteiger partial charge in [-0.1, -0.05) is 53.5 Å². The van der Waals surface area contributed by atoms with Crippen LogP contribution in [0, 0.1) is 0 Å². The van der Waals surface area contributed by atoms with Crippen molar-refractivity contribution in [1.29, 1.82) is 0 Å². The summed E-state index contributed by atoms with van der Waals surface area (Å²) in [5.74, 6) is -2.17. The Hall–Kier alpha value is -2.32. The van der Waals surface area contributed by atoms with Crippen molar-refractivity contribution in [1.82, 2.24) is 4.90 Å². The molecule has 2 aliphatic heterocycles. The zero-order valence-corrected chi connectivity index (χ0v) is 14.6. The summed E-state index contributed by atoms with van der Waals surface area (Å²) in [5.41, 5.74) is -3.16. The lowest BCUT2D eigenvalue weighted by Gasteiger charge is -2.36. The van der Waals surface area contributed by atoms with Crippen LogP contribution in [0.15, 0.2) is 62.7 Å². The highest BCUT2D eigenvalue weighted by atomic mass is 35.5. The van der Waals surface area contributed by atoms with Crippen LogP contribution >= 0.6 is 23.2 Å². The van der Waals surface area contributed by atoms with E-state index in [9.17, 15) is 18.0 Å². The maximum Gasteiger partial charge on any atom is 0.445 e. The van der Waals surface area contributed by atoms with Crippen LogP contribution in [-0.4, -0.2) is 41.5 Å². The molecule has 0 amide bonds. The highest BCUT2D eigenvalue weighted by Crippen LogP contribution is 2.41. The van der Waals surface area contributed by atoms with Crippen molar-refractivity contribution < 1.29 is 22.7 Å². The number of halogens is 5. The van der Waals surface area contributed by atoms with Crippen molar-refractivity contribution in [3.63, 3.8) is 0 Å². The van der Waals surface area contributed by atoms with Crippen molar-refractivity contribution >= 4 is 40.8 Å². The number of hydrogen-bond donors (Lipinski definition) is 0. The Labute approximate surface area is 156 Å². The van der Waals surface area contributed by atoms with E-state index in [2.05, 4.69) is 14.7 Å². The number of amidine groups is 2. The fraction of sp³-hybridized carbons (Fsp3) is 0.188. The first-order valence-corrected chi connectivity index (χ1v) is 7.89. The summed E-state index contributed by atoms with van der Waals surface area (Å²) in [6, 6.07) is 7.99. The second-order valence-electron chi connectivity index (χ2n) is 5.27. The summed E-state index contributed by atoms with van der Waals surface area (Å²) in [6.07, 6.45) is -2.61. The zero-order chi connectivity index (χ0) is 19.1. The summed E-state index contributed by atoms with van der Waals surface area (Å²) >= 11 is 12.0. The molecule has 0 N–H and O–H groups in total. The van der Waals surface area contributed by atoms with E-state index < -0.39 is 17.8 Å². The molecule has 136 valence electrons. The summed E-state index contributed by atoms with van der Waals surface area (Å²) in [5, 5.41) is -0.00600. The van der Waals surface area contributed by atoms with Gasteiger partial charge in [-0.3, -0.25) is 4.90 Å². The first-order valence-electron chi connectivity index (χ1n) is 7.14. The molecule has 0 unspecified atom stereocenters. The predicted molar refractivity (Wildman–Crippen MR) is 90.9 cm³/mol. The van der Waals surface area contributed by atoms with Gasteiger partial charge in [-0.15, -0.1) is 0 Å². The fourth-order valence-electron chi connectivity index (χ4n) is 2.44. The molecule has 10 heteroatoms. The molecule has 26 heavy (non-hydrogen) atoms. The number of alkyl halides is 3. The minimum Gasteiger partial charge on any atom is -0.465 e. The molecule has 0 saturated heterocycles. The van der Waals surface area contributed by atoms with Crippen molar-refractivity contribution in [3.8, 4) is 0 Å².